The molecular weight excluding hydrogens is 334 g/mol. The molecule has 1 N–H and O–H groups in total. The highest BCUT2D eigenvalue weighted by Gasteiger charge is 2.28. The highest BCUT2D eigenvalue weighted by molar-refractivity contribution is 5.75. The van der Waals surface area contributed by atoms with Crippen LogP contribution in [0, 0.1) is 11.3 Å². The molecule has 2 fully saturated rings. The Morgan fingerprint density at radius 2 is 1.65 bits per heavy atom. The zero-order valence-electron chi connectivity index (χ0n) is 15.2. The van der Waals surface area contributed by atoms with Crippen LogP contribution in [0.5, 0.6) is 0 Å². The Hall–Kier alpha value is -1.95. The van der Waals surface area contributed by atoms with E-state index < -0.39 is 5.43 Å². The summed E-state index contributed by atoms with van der Waals surface area (Å²) in [5.74, 6) is 0. The van der Waals surface area contributed by atoms with Crippen molar-refractivity contribution in [2.45, 2.75) is 12.8 Å². The largest absolute Gasteiger partial charge is 0.380 e. The zero-order chi connectivity index (χ0) is 18.4. The summed E-state index contributed by atoms with van der Waals surface area (Å²) in [5.41, 5.74) is 0.285. The molecule has 0 aromatic heterocycles. The van der Waals surface area contributed by atoms with Crippen molar-refractivity contribution in [1.29, 1.82) is 5.26 Å². The second kappa shape index (κ2) is 9.12. The molecule has 0 bridgehead atoms. The molecule has 0 amide bonds. The molecule has 2 saturated heterocycles. The first-order chi connectivity index (χ1) is 12.7. The van der Waals surface area contributed by atoms with Crippen LogP contribution in [-0.2, 0) is 4.74 Å². The van der Waals surface area contributed by atoms with E-state index in [1.807, 2.05) is 4.90 Å². The summed E-state index contributed by atoms with van der Waals surface area (Å²) in [6.07, 6.45) is 1.45. The van der Waals surface area contributed by atoms with Crippen molar-refractivity contribution >= 4 is 11.4 Å². The monoisotopic (exact) mass is 361 g/mol. The standard InChI is InChI=1S/C18H27N5O3/c19-3-1-5-21-7-9-23(10-8-21)16-15(17(24)18(16)25)20-4-2-6-22-11-13-26-14-12-22/h20H,1-2,4-14H2. The van der Waals surface area contributed by atoms with E-state index in [2.05, 4.69) is 21.2 Å². The normalized spacial score (nSPS) is 19.6. The Morgan fingerprint density at radius 1 is 0.962 bits per heavy atom. The van der Waals surface area contributed by atoms with Gasteiger partial charge in [0.05, 0.1) is 19.3 Å². The number of nitrogens with one attached hydrogen (secondary N) is 1. The SMILES string of the molecule is N#CCCN1CCN(c2c(NCCCN3CCOCC3)c(=O)c2=O)CC1. The molecule has 0 atom stereocenters. The van der Waals surface area contributed by atoms with E-state index in [1.165, 1.54) is 0 Å². The topological polar surface area (TPSA) is 88.9 Å². The number of ether oxygens (including phenoxy) is 1. The lowest BCUT2D eigenvalue weighted by Gasteiger charge is -2.36. The van der Waals surface area contributed by atoms with Gasteiger partial charge in [-0.2, -0.15) is 5.26 Å². The van der Waals surface area contributed by atoms with Crippen molar-refractivity contribution in [3.63, 3.8) is 0 Å². The number of hydrogen-bond acceptors (Lipinski definition) is 8. The Balaban J connectivity index is 1.46. The lowest BCUT2D eigenvalue weighted by Crippen LogP contribution is -2.51. The van der Waals surface area contributed by atoms with Gasteiger partial charge < -0.3 is 15.0 Å². The van der Waals surface area contributed by atoms with Gasteiger partial charge in [-0.05, 0) is 13.0 Å². The molecule has 0 aliphatic carbocycles. The maximum Gasteiger partial charge on any atom is 0.253 e. The fourth-order valence-electron chi connectivity index (χ4n) is 3.59. The lowest BCUT2D eigenvalue weighted by atomic mass is 10.1. The summed E-state index contributed by atoms with van der Waals surface area (Å²) >= 11 is 0. The summed E-state index contributed by atoms with van der Waals surface area (Å²) < 4.78 is 5.34. The quantitative estimate of drug-likeness (QED) is 0.488. The van der Waals surface area contributed by atoms with Crippen LogP contribution in [0.3, 0.4) is 0 Å². The van der Waals surface area contributed by atoms with Crippen molar-refractivity contribution in [2.75, 3.05) is 82.3 Å². The molecule has 8 heteroatoms. The molecule has 26 heavy (non-hydrogen) atoms. The molecule has 0 saturated carbocycles. The minimum atomic E-state index is -0.390. The lowest BCUT2D eigenvalue weighted by molar-refractivity contribution is 0.0378. The van der Waals surface area contributed by atoms with E-state index in [9.17, 15) is 9.59 Å². The van der Waals surface area contributed by atoms with Crippen LogP contribution in [0.2, 0.25) is 0 Å². The van der Waals surface area contributed by atoms with E-state index in [1.54, 1.807) is 0 Å². The minimum absolute atomic E-state index is 0.369. The molecule has 142 valence electrons. The van der Waals surface area contributed by atoms with E-state index >= 15 is 0 Å². The third kappa shape index (κ3) is 4.41. The summed E-state index contributed by atoms with van der Waals surface area (Å²) in [5, 5.41) is 11.9. The summed E-state index contributed by atoms with van der Waals surface area (Å²) in [7, 11) is 0. The summed E-state index contributed by atoms with van der Waals surface area (Å²) in [6, 6.07) is 2.16. The number of nitrogens with zero attached hydrogens (tertiary/aromatic N) is 4. The fourth-order valence-corrected chi connectivity index (χ4v) is 3.59. The van der Waals surface area contributed by atoms with E-state index in [0.717, 1.165) is 72.0 Å². The highest BCUT2D eigenvalue weighted by Crippen LogP contribution is 2.21. The molecule has 8 nitrogen and oxygen atoms in total. The summed E-state index contributed by atoms with van der Waals surface area (Å²) in [6.45, 7) is 9.00. The van der Waals surface area contributed by atoms with Gasteiger partial charge in [-0.1, -0.05) is 0 Å². The van der Waals surface area contributed by atoms with Crippen LogP contribution in [0.25, 0.3) is 0 Å². The maximum absolute atomic E-state index is 12.0. The summed E-state index contributed by atoms with van der Waals surface area (Å²) in [4.78, 5) is 30.6. The number of anilines is 2. The van der Waals surface area contributed by atoms with Gasteiger partial charge in [0.1, 0.15) is 11.4 Å². The van der Waals surface area contributed by atoms with Crippen molar-refractivity contribution in [2.24, 2.45) is 0 Å². The molecule has 2 aliphatic heterocycles. The number of hydrogen-bond donors (Lipinski definition) is 1. The van der Waals surface area contributed by atoms with E-state index in [0.29, 0.717) is 24.3 Å². The molecule has 1 aromatic carbocycles. The predicted octanol–water partition coefficient (Wildman–Crippen LogP) is -0.548. The maximum atomic E-state index is 12.0. The second-order valence-corrected chi connectivity index (χ2v) is 6.85. The molecule has 0 radical (unpaired) electrons. The molecule has 2 heterocycles. The van der Waals surface area contributed by atoms with Gasteiger partial charge >= 0.3 is 0 Å². The number of morpholine rings is 1. The van der Waals surface area contributed by atoms with Crippen molar-refractivity contribution in [1.82, 2.24) is 9.80 Å². The van der Waals surface area contributed by atoms with Gasteiger partial charge in [-0.15, -0.1) is 0 Å². The fraction of sp³-hybridized carbons (Fsp3) is 0.722. The smallest absolute Gasteiger partial charge is 0.253 e. The molecule has 0 unspecified atom stereocenters. The molecule has 2 aliphatic rings. The van der Waals surface area contributed by atoms with Crippen LogP contribution < -0.4 is 21.1 Å². The molecule has 3 rings (SSSR count). The Morgan fingerprint density at radius 3 is 2.35 bits per heavy atom. The van der Waals surface area contributed by atoms with Crippen LogP contribution in [0.4, 0.5) is 11.4 Å². The van der Waals surface area contributed by atoms with Gasteiger partial charge in [0.2, 0.25) is 0 Å². The third-order valence-electron chi connectivity index (χ3n) is 5.17. The number of rotatable bonds is 8. The van der Waals surface area contributed by atoms with Crippen LogP contribution in [0.1, 0.15) is 12.8 Å². The van der Waals surface area contributed by atoms with Gasteiger partial charge in [-0.25, -0.2) is 0 Å². The van der Waals surface area contributed by atoms with E-state index in [-0.39, 0.29) is 5.43 Å². The van der Waals surface area contributed by atoms with Crippen molar-refractivity contribution in [3.8, 4) is 6.07 Å². The molecule has 0 spiro atoms. The van der Waals surface area contributed by atoms with Crippen molar-refractivity contribution < 1.29 is 4.74 Å². The zero-order valence-corrected chi connectivity index (χ0v) is 15.2. The van der Waals surface area contributed by atoms with Gasteiger partial charge in [0.15, 0.2) is 0 Å². The third-order valence-corrected chi connectivity index (χ3v) is 5.17. The van der Waals surface area contributed by atoms with Crippen LogP contribution >= 0.6 is 0 Å². The molecular formula is C18H27N5O3. The average Bonchev–Trinajstić information content (AvgIpc) is 2.69. The van der Waals surface area contributed by atoms with Gasteiger partial charge in [0, 0.05) is 58.8 Å². The average molecular weight is 361 g/mol. The predicted molar refractivity (Wildman–Crippen MR) is 101 cm³/mol. The Kier molecular flexibility index (Phi) is 6.61. The van der Waals surface area contributed by atoms with E-state index in [4.69, 9.17) is 10.00 Å². The van der Waals surface area contributed by atoms with Gasteiger partial charge in [-0.3, -0.25) is 19.4 Å². The first-order valence-corrected chi connectivity index (χ1v) is 9.42. The number of piperazine rings is 1. The van der Waals surface area contributed by atoms with Crippen LogP contribution in [-0.4, -0.2) is 81.9 Å². The Labute approximate surface area is 153 Å². The van der Waals surface area contributed by atoms with Crippen molar-refractivity contribution in [3.05, 3.63) is 20.4 Å². The number of nitriles is 1. The molecule has 1 aromatic rings. The minimum Gasteiger partial charge on any atom is -0.380 e. The van der Waals surface area contributed by atoms with Crippen LogP contribution in [0.15, 0.2) is 9.59 Å². The highest BCUT2D eigenvalue weighted by atomic mass is 16.5. The first-order valence-electron chi connectivity index (χ1n) is 9.42. The first kappa shape index (κ1) is 18.8. The van der Waals surface area contributed by atoms with Gasteiger partial charge in [0.25, 0.3) is 10.9 Å². The second-order valence-electron chi connectivity index (χ2n) is 6.85. The Bertz CT molecular complexity index is 693.